The van der Waals surface area contributed by atoms with Gasteiger partial charge in [0.15, 0.2) is 17.6 Å². The molecule has 1 unspecified atom stereocenters. The van der Waals surface area contributed by atoms with Crippen LogP contribution in [-0.4, -0.2) is 22.0 Å². The molecule has 100 valence electrons. The summed E-state index contributed by atoms with van der Waals surface area (Å²) in [6.45, 7) is 0. The maximum Gasteiger partial charge on any atom is 0.235 e. The van der Waals surface area contributed by atoms with Gasteiger partial charge in [0, 0.05) is 6.42 Å². The number of nitrogens with one attached hydrogen (secondary N) is 1. The molecule has 0 aliphatic carbocycles. The van der Waals surface area contributed by atoms with Crippen LogP contribution in [0.4, 0.5) is 0 Å². The van der Waals surface area contributed by atoms with Gasteiger partial charge in [0.2, 0.25) is 11.8 Å². The molecule has 0 bridgehead atoms. The van der Waals surface area contributed by atoms with Crippen LogP contribution in [0.3, 0.4) is 0 Å². The summed E-state index contributed by atoms with van der Waals surface area (Å²) in [6, 6.07) is 3.47. The van der Waals surface area contributed by atoms with Gasteiger partial charge < -0.3 is 8.94 Å². The number of imide groups is 1. The molecule has 1 fully saturated rings. The molecule has 20 heavy (non-hydrogen) atoms. The van der Waals surface area contributed by atoms with Gasteiger partial charge in [-0.2, -0.15) is 0 Å². The third-order valence-corrected chi connectivity index (χ3v) is 3.53. The van der Waals surface area contributed by atoms with Gasteiger partial charge in [-0.15, -0.1) is 0 Å². The smallest absolute Gasteiger partial charge is 0.235 e. The van der Waals surface area contributed by atoms with Crippen LogP contribution in [0.5, 0.6) is 0 Å². The molecule has 2 amide bonds. The Kier molecular flexibility index (Phi) is 2.17. The topological polar surface area (TPSA) is 98.2 Å². The average Bonchev–Trinajstić information content (AvgIpc) is 3.03. The zero-order chi connectivity index (χ0) is 13.7. The van der Waals surface area contributed by atoms with Crippen LogP contribution in [-0.2, 0) is 9.59 Å². The second-order valence-electron chi connectivity index (χ2n) is 4.71. The van der Waals surface area contributed by atoms with Crippen LogP contribution in [0, 0.1) is 0 Å². The Labute approximate surface area is 111 Å². The molecule has 0 saturated carbocycles. The number of hydrogen-bond donors (Lipinski definition) is 1. The highest BCUT2D eigenvalue weighted by molar-refractivity contribution is 6.07. The number of carbonyl (C=O) groups is 2. The number of fused-ring (bicyclic) bond motifs is 3. The van der Waals surface area contributed by atoms with Crippen LogP contribution < -0.4 is 5.32 Å². The van der Waals surface area contributed by atoms with E-state index in [0.29, 0.717) is 40.6 Å². The summed E-state index contributed by atoms with van der Waals surface area (Å²) in [4.78, 5) is 27.3. The van der Waals surface area contributed by atoms with Gasteiger partial charge in [0.1, 0.15) is 11.2 Å². The van der Waals surface area contributed by atoms with Crippen molar-refractivity contribution in [3.8, 4) is 0 Å². The number of amides is 2. The van der Waals surface area contributed by atoms with Crippen LogP contribution in [0.15, 0.2) is 27.5 Å². The molecule has 2 aromatic heterocycles. The Morgan fingerprint density at radius 2 is 2.10 bits per heavy atom. The van der Waals surface area contributed by atoms with Crippen LogP contribution in [0.2, 0.25) is 0 Å². The molecule has 1 aliphatic heterocycles. The Morgan fingerprint density at radius 3 is 2.95 bits per heavy atom. The molecule has 0 spiro atoms. The van der Waals surface area contributed by atoms with Crippen molar-refractivity contribution in [1.82, 2.24) is 15.5 Å². The monoisotopic (exact) mass is 271 g/mol. The quantitative estimate of drug-likeness (QED) is 0.673. The SMILES string of the molecule is O=C1CCC(c2noc3ccc4ocnc4c23)C(=O)N1. The maximum absolute atomic E-state index is 12.0. The van der Waals surface area contributed by atoms with Gasteiger partial charge in [0.25, 0.3) is 0 Å². The van der Waals surface area contributed by atoms with Crippen molar-refractivity contribution in [2.75, 3.05) is 0 Å². The number of hydrogen-bond acceptors (Lipinski definition) is 6. The third-order valence-electron chi connectivity index (χ3n) is 3.53. The summed E-state index contributed by atoms with van der Waals surface area (Å²) in [5.74, 6) is -1.11. The molecule has 3 heterocycles. The first-order valence-corrected chi connectivity index (χ1v) is 6.19. The fraction of sp³-hybridized carbons (Fsp3) is 0.231. The fourth-order valence-electron chi connectivity index (χ4n) is 2.57. The molecule has 1 N–H and O–H groups in total. The predicted octanol–water partition coefficient (Wildman–Crippen LogP) is 1.49. The van der Waals surface area contributed by atoms with E-state index in [4.69, 9.17) is 8.94 Å². The van der Waals surface area contributed by atoms with Crippen molar-refractivity contribution in [2.24, 2.45) is 0 Å². The number of aromatic nitrogens is 2. The second-order valence-corrected chi connectivity index (χ2v) is 4.71. The molecule has 7 heteroatoms. The highest BCUT2D eigenvalue weighted by Crippen LogP contribution is 2.34. The van der Waals surface area contributed by atoms with E-state index in [-0.39, 0.29) is 11.8 Å². The number of rotatable bonds is 1. The van der Waals surface area contributed by atoms with Crippen LogP contribution >= 0.6 is 0 Å². The minimum Gasteiger partial charge on any atom is -0.443 e. The molecule has 7 nitrogen and oxygen atoms in total. The molecule has 1 aromatic carbocycles. The van der Waals surface area contributed by atoms with Crippen molar-refractivity contribution in [3.05, 3.63) is 24.2 Å². The van der Waals surface area contributed by atoms with Gasteiger partial charge in [-0.25, -0.2) is 4.98 Å². The fourth-order valence-corrected chi connectivity index (χ4v) is 2.57. The second kappa shape index (κ2) is 3.89. The summed E-state index contributed by atoms with van der Waals surface area (Å²) in [6.07, 6.45) is 2.05. The number of piperidine rings is 1. The van der Waals surface area contributed by atoms with Crippen molar-refractivity contribution < 1.29 is 18.5 Å². The summed E-state index contributed by atoms with van der Waals surface area (Å²) >= 11 is 0. The van der Waals surface area contributed by atoms with E-state index in [0.717, 1.165) is 0 Å². The molecule has 1 aliphatic rings. The van der Waals surface area contributed by atoms with E-state index in [1.165, 1.54) is 6.39 Å². The highest BCUT2D eigenvalue weighted by atomic mass is 16.5. The van der Waals surface area contributed by atoms with Gasteiger partial charge in [-0.1, -0.05) is 5.16 Å². The lowest BCUT2D eigenvalue weighted by Gasteiger charge is -2.18. The number of oxazole rings is 1. The Bertz CT molecular complexity index is 848. The minimum atomic E-state index is -0.503. The molecular formula is C13H9N3O4. The van der Waals surface area contributed by atoms with Crippen molar-refractivity contribution in [2.45, 2.75) is 18.8 Å². The first-order valence-electron chi connectivity index (χ1n) is 6.19. The third kappa shape index (κ3) is 1.46. The predicted molar refractivity (Wildman–Crippen MR) is 66.7 cm³/mol. The normalized spacial score (nSPS) is 19.7. The molecule has 1 saturated heterocycles. The summed E-state index contributed by atoms with van der Waals surface area (Å²) < 4.78 is 10.5. The van der Waals surface area contributed by atoms with Crippen LogP contribution in [0.1, 0.15) is 24.5 Å². The van der Waals surface area contributed by atoms with Gasteiger partial charge in [0.05, 0.1) is 11.3 Å². The molecular weight excluding hydrogens is 262 g/mol. The van der Waals surface area contributed by atoms with E-state index in [1.807, 2.05) is 0 Å². The lowest BCUT2D eigenvalue weighted by atomic mass is 9.92. The average molecular weight is 271 g/mol. The lowest BCUT2D eigenvalue weighted by Crippen LogP contribution is -2.39. The number of carbonyl (C=O) groups excluding carboxylic acids is 2. The summed E-state index contributed by atoms with van der Waals surface area (Å²) in [7, 11) is 0. The van der Waals surface area contributed by atoms with E-state index in [1.54, 1.807) is 12.1 Å². The van der Waals surface area contributed by atoms with E-state index < -0.39 is 5.92 Å². The van der Waals surface area contributed by atoms with Gasteiger partial charge in [-0.3, -0.25) is 14.9 Å². The van der Waals surface area contributed by atoms with Gasteiger partial charge >= 0.3 is 0 Å². The van der Waals surface area contributed by atoms with E-state index in [9.17, 15) is 9.59 Å². The molecule has 3 aromatic rings. The lowest BCUT2D eigenvalue weighted by molar-refractivity contribution is -0.134. The van der Waals surface area contributed by atoms with E-state index >= 15 is 0 Å². The van der Waals surface area contributed by atoms with Crippen molar-refractivity contribution in [3.63, 3.8) is 0 Å². The maximum atomic E-state index is 12.0. The molecule has 0 radical (unpaired) electrons. The summed E-state index contributed by atoms with van der Waals surface area (Å²) in [5.41, 5.74) is 2.27. The summed E-state index contributed by atoms with van der Waals surface area (Å²) in [5, 5.41) is 6.99. The van der Waals surface area contributed by atoms with Gasteiger partial charge in [-0.05, 0) is 18.6 Å². The highest BCUT2D eigenvalue weighted by Gasteiger charge is 2.32. The standard InChI is InChI=1S/C13H9N3O4/c17-9-4-1-6(13(18)15-9)11-10-7(20-16-11)2-3-8-12(10)14-5-19-8/h2-3,5-6H,1,4H2,(H,15,17,18). The number of nitrogens with zero attached hydrogens (tertiary/aromatic N) is 2. The Hall–Kier alpha value is -2.70. The van der Waals surface area contributed by atoms with Crippen molar-refractivity contribution in [1.29, 1.82) is 0 Å². The largest absolute Gasteiger partial charge is 0.443 e. The van der Waals surface area contributed by atoms with Crippen LogP contribution in [0.25, 0.3) is 22.1 Å². The Balaban J connectivity index is 1.93. The minimum absolute atomic E-state index is 0.259. The molecule has 1 atom stereocenters. The first-order chi connectivity index (χ1) is 9.74. The van der Waals surface area contributed by atoms with Crippen molar-refractivity contribution >= 4 is 33.9 Å². The number of benzene rings is 1. The van der Waals surface area contributed by atoms with E-state index in [2.05, 4.69) is 15.5 Å². The zero-order valence-corrected chi connectivity index (χ0v) is 10.3. The zero-order valence-electron chi connectivity index (χ0n) is 10.3. The first kappa shape index (κ1) is 11.2. The Morgan fingerprint density at radius 1 is 1.25 bits per heavy atom. The molecule has 4 rings (SSSR count).